The van der Waals surface area contributed by atoms with Crippen LogP contribution < -0.4 is 19.6 Å². The zero-order valence-electron chi connectivity index (χ0n) is 16.6. The molecule has 2 aromatic rings. The number of hydrazone groups is 1. The summed E-state index contributed by atoms with van der Waals surface area (Å²) in [7, 11) is 0. The highest BCUT2D eigenvalue weighted by molar-refractivity contribution is 9.10. The fourth-order valence-electron chi connectivity index (χ4n) is 2.48. The SMILES string of the molecule is C=CCOc1c(Br)cc(/C=N\NC(=O)Cc2ccc(OCC)cc2)cc1OCC. The van der Waals surface area contributed by atoms with E-state index < -0.39 is 0 Å². The Balaban J connectivity index is 1.99. The number of amides is 1. The standard InChI is InChI=1S/C22H25BrN2O4/c1-4-11-29-22-19(23)12-17(13-20(22)28-6-3)15-24-25-21(26)14-16-7-9-18(10-8-16)27-5-2/h4,7-10,12-13,15H,1,5-6,11,14H2,2-3H3,(H,25,26)/b24-15-. The second kappa shape index (κ2) is 11.9. The number of halogens is 1. The van der Waals surface area contributed by atoms with Crippen LogP contribution in [0.25, 0.3) is 0 Å². The number of rotatable bonds is 11. The number of nitrogens with one attached hydrogen (secondary N) is 1. The summed E-state index contributed by atoms with van der Waals surface area (Å²) in [6.45, 7) is 8.95. The van der Waals surface area contributed by atoms with Crippen molar-refractivity contribution in [2.45, 2.75) is 20.3 Å². The van der Waals surface area contributed by atoms with Gasteiger partial charge >= 0.3 is 0 Å². The minimum Gasteiger partial charge on any atom is -0.494 e. The van der Waals surface area contributed by atoms with Crippen LogP contribution >= 0.6 is 15.9 Å². The molecular formula is C22H25BrN2O4. The van der Waals surface area contributed by atoms with Crippen LogP contribution in [0, 0.1) is 0 Å². The Morgan fingerprint density at radius 3 is 2.52 bits per heavy atom. The van der Waals surface area contributed by atoms with E-state index in [1.54, 1.807) is 18.4 Å². The van der Waals surface area contributed by atoms with Gasteiger partial charge in [-0.2, -0.15) is 5.10 Å². The maximum absolute atomic E-state index is 12.1. The maximum Gasteiger partial charge on any atom is 0.244 e. The molecule has 7 heteroatoms. The van der Waals surface area contributed by atoms with E-state index >= 15 is 0 Å². The molecule has 0 aliphatic carbocycles. The summed E-state index contributed by atoms with van der Waals surface area (Å²) in [5.74, 6) is 1.76. The fraction of sp³-hybridized carbons (Fsp3) is 0.273. The Morgan fingerprint density at radius 2 is 1.86 bits per heavy atom. The first kappa shape index (κ1) is 22.5. The van der Waals surface area contributed by atoms with Gasteiger partial charge in [-0.1, -0.05) is 24.8 Å². The van der Waals surface area contributed by atoms with Gasteiger partial charge in [-0.05, 0) is 65.2 Å². The van der Waals surface area contributed by atoms with Crippen LogP contribution in [-0.4, -0.2) is 31.9 Å². The number of carbonyl (C=O) groups is 1. The zero-order valence-corrected chi connectivity index (χ0v) is 18.2. The maximum atomic E-state index is 12.1. The van der Waals surface area contributed by atoms with Crippen LogP contribution in [0.1, 0.15) is 25.0 Å². The summed E-state index contributed by atoms with van der Waals surface area (Å²) in [5.41, 5.74) is 4.18. The molecule has 154 valence electrons. The molecule has 0 bridgehead atoms. The van der Waals surface area contributed by atoms with Crippen LogP contribution in [0.3, 0.4) is 0 Å². The van der Waals surface area contributed by atoms with Gasteiger partial charge in [0.1, 0.15) is 12.4 Å². The number of nitrogens with zero attached hydrogens (tertiary/aromatic N) is 1. The number of hydrogen-bond donors (Lipinski definition) is 1. The number of hydrogen-bond acceptors (Lipinski definition) is 5. The van der Waals surface area contributed by atoms with Crippen LogP contribution in [0.15, 0.2) is 58.6 Å². The number of benzene rings is 2. The quantitative estimate of drug-likeness (QED) is 0.304. The van der Waals surface area contributed by atoms with Crippen molar-refractivity contribution in [2.24, 2.45) is 5.10 Å². The van der Waals surface area contributed by atoms with E-state index in [0.29, 0.717) is 31.3 Å². The molecule has 0 spiro atoms. The smallest absolute Gasteiger partial charge is 0.244 e. The molecule has 1 N–H and O–H groups in total. The first-order valence-corrected chi connectivity index (χ1v) is 10.1. The molecule has 29 heavy (non-hydrogen) atoms. The van der Waals surface area contributed by atoms with Crippen LogP contribution in [0.2, 0.25) is 0 Å². The third kappa shape index (κ3) is 7.27. The molecule has 0 aliphatic rings. The highest BCUT2D eigenvalue weighted by Crippen LogP contribution is 2.36. The lowest BCUT2D eigenvalue weighted by Crippen LogP contribution is -2.19. The van der Waals surface area contributed by atoms with Crippen molar-refractivity contribution < 1.29 is 19.0 Å². The topological polar surface area (TPSA) is 69.2 Å². The van der Waals surface area contributed by atoms with Gasteiger partial charge in [-0.3, -0.25) is 4.79 Å². The van der Waals surface area contributed by atoms with E-state index in [-0.39, 0.29) is 12.3 Å². The van der Waals surface area contributed by atoms with Crippen molar-refractivity contribution in [1.82, 2.24) is 5.43 Å². The van der Waals surface area contributed by atoms with Crippen molar-refractivity contribution >= 4 is 28.1 Å². The molecule has 0 saturated carbocycles. The predicted octanol–water partition coefficient (Wildman–Crippen LogP) is 4.50. The molecule has 0 heterocycles. The van der Waals surface area contributed by atoms with Gasteiger partial charge in [0.2, 0.25) is 5.91 Å². The second-order valence-corrected chi connectivity index (χ2v) is 6.76. The Hall–Kier alpha value is -2.80. The summed E-state index contributed by atoms with van der Waals surface area (Å²) in [5, 5.41) is 4.04. The minimum absolute atomic E-state index is 0.208. The molecule has 2 aromatic carbocycles. The van der Waals surface area contributed by atoms with Gasteiger partial charge in [-0.25, -0.2) is 5.43 Å². The van der Waals surface area contributed by atoms with Crippen LogP contribution in [0.4, 0.5) is 0 Å². The Kier molecular flexibility index (Phi) is 9.24. The van der Waals surface area contributed by atoms with Gasteiger partial charge in [0.05, 0.1) is 30.3 Å². The lowest BCUT2D eigenvalue weighted by Gasteiger charge is -2.13. The van der Waals surface area contributed by atoms with Gasteiger partial charge in [-0.15, -0.1) is 0 Å². The molecule has 0 aliphatic heterocycles. The van der Waals surface area contributed by atoms with Crippen molar-refractivity contribution in [3.8, 4) is 17.2 Å². The van der Waals surface area contributed by atoms with Crippen molar-refractivity contribution in [3.05, 3.63) is 64.7 Å². The van der Waals surface area contributed by atoms with Crippen LogP contribution in [-0.2, 0) is 11.2 Å². The monoisotopic (exact) mass is 460 g/mol. The Labute approximate surface area is 179 Å². The average molecular weight is 461 g/mol. The van der Waals surface area contributed by atoms with Crippen molar-refractivity contribution in [3.63, 3.8) is 0 Å². The summed E-state index contributed by atoms with van der Waals surface area (Å²) < 4.78 is 17.4. The third-order valence-electron chi connectivity index (χ3n) is 3.68. The van der Waals surface area contributed by atoms with E-state index in [4.69, 9.17) is 14.2 Å². The number of ether oxygens (including phenoxy) is 3. The normalized spacial score (nSPS) is 10.6. The van der Waals surface area contributed by atoms with E-state index in [9.17, 15) is 4.79 Å². The molecule has 0 saturated heterocycles. The molecule has 2 rings (SSSR count). The predicted molar refractivity (Wildman–Crippen MR) is 118 cm³/mol. The first-order valence-electron chi connectivity index (χ1n) is 9.31. The average Bonchev–Trinajstić information content (AvgIpc) is 2.69. The summed E-state index contributed by atoms with van der Waals surface area (Å²) in [6.07, 6.45) is 3.45. The van der Waals surface area contributed by atoms with E-state index in [2.05, 4.69) is 33.0 Å². The van der Waals surface area contributed by atoms with Crippen molar-refractivity contribution in [1.29, 1.82) is 0 Å². The van der Waals surface area contributed by atoms with Gasteiger partial charge in [0.15, 0.2) is 11.5 Å². The molecule has 0 unspecified atom stereocenters. The first-order chi connectivity index (χ1) is 14.1. The molecule has 0 atom stereocenters. The Bertz CT molecular complexity index is 851. The highest BCUT2D eigenvalue weighted by Gasteiger charge is 2.11. The van der Waals surface area contributed by atoms with Gasteiger partial charge in [0.25, 0.3) is 0 Å². The van der Waals surface area contributed by atoms with Crippen molar-refractivity contribution in [2.75, 3.05) is 19.8 Å². The molecule has 6 nitrogen and oxygen atoms in total. The zero-order chi connectivity index (χ0) is 21.1. The third-order valence-corrected chi connectivity index (χ3v) is 4.27. The van der Waals surface area contributed by atoms with E-state index in [0.717, 1.165) is 21.3 Å². The lowest BCUT2D eigenvalue weighted by atomic mass is 10.1. The lowest BCUT2D eigenvalue weighted by molar-refractivity contribution is -0.120. The van der Waals surface area contributed by atoms with Gasteiger partial charge < -0.3 is 14.2 Å². The van der Waals surface area contributed by atoms with E-state index in [1.165, 1.54) is 0 Å². The molecule has 0 radical (unpaired) electrons. The minimum atomic E-state index is -0.208. The molecule has 1 amide bonds. The van der Waals surface area contributed by atoms with Crippen LogP contribution in [0.5, 0.6) is 17.2 Å². The second-order valence-electron chi connectivity index (χ2n) is 5.91. The summed E-state index contributed by atoms with van der Waals surface area (Å²) >= 11 is 3.48. The fourth-order valence-corrected chi connectivity index (χ4v) is 3.06. The molecule has 0 fully saturated rings. The largest absolute Gasteiger partial charge is 0.494 e. The summed E-state index contributed by atoms with van der Waals surface area (Å²) in [6, 6.07) is 11.1. The van der Waals surface area contributed by atoms with Gasteiger partial charge in [0, 0.05) is 0 Å². The number of carbonyl (C=O) groups excluding carboxylic acids is 1. The Morgan fingerprint density at radius 1 is 1.14 bits per heavy atom. The molecular weight excluding hydrogens is 436 g/mol. The molecule has 0 aromatic heterocycles. The highest BCUT2D eigenvalue weighted by atomic mass is 79.9. The van der Waals surface area contributed by atoms with E-state index in [1.807, 2.05) is 44.2 Å². The summed E-state index contributed by atoms with van der Waals surface area (Å²) in [4.78, 5) is 12.1.